The lowest BCUT2D eigenvalue weighted by Crippen LogP contribution is -2.26. The summed E-state index contributed by atoms with van der Waals surface area (Å²) in [4.78, 5) is 0. The molecule has 0 spiro atoms. The molecule has 1 saturated carbocycles. The minimum atomic E-state index is -0.0848. The largest absolute Gasteiger partial charge is 0.251 e. The van der Waals surface area contributed by atoms with E-state index >= 15 is 0 Å². The fraction of sp³-hybridized carbons (Fsp3) is 1.00. The van der Waals surface area contributed by atoms with Gasteiger partial charge in [0.15, 0.2) is 0 Å². The number of hydrogen-bond donors (Lipinski definition) is 0. The van der Waals surface area contributed by atoms with Crippen LogP contribution in [-0.4, -0.2) is 6.67 Å². The molecule has 2 atom stereocenters. The van der Waals surface area contributed by atoms with Gasteiger partial charge in [0.2, 0.25) is 0 Å². The molecule has 0 aromatic carbocycles. The average molecular weight is 116 g/mol. The van der Waals surface area contributed by atoms with E-state index in [1.807, 2.05) is 0 Å². The van der Waals surface area contributed by atoms with Crippen LogP contribution in [0.2, 0.25) is 0 Å². The van der Waals surface area contributed by atoms with Gasteiger partial charge in [0.05, 0.1) is 6.67 Å². The first-order valence-corrected chi connectivity index (χ1v) is 3.44. The van der Waals surface area contributed by atoms with Crippen LogP contribution in [0.4, 0.5) is 4.39 Å². The quantitative estimate of drug-likeness (QED) is 0.519. The van der Waals surface area contributed by atoms with Crippen molar-refractivity contribution in [3.05, 3.63) is 0 Å². The van der Waals surface area contributed by atoms with E-state index in [-0.39, 0.29) is 6.67 Å². The van der Waals surface area contributed by atoms with Gasteiger partial charge in [-0.15, -0.1) is 0 Å². The van der Waals surface area contributed by atoms with E-state index in [2.05, 4.69) is 6.92 Å². The maximum atomic E-state index is 11.9. The van der Waals surface area contributed by atoms with E-state index in [0.717, 1.165) is 12.3 Å². The molecule has 0 saturated heterocycles. The van der Waals surface area contributed by atoms with Crippen molar-refractivity contribution >= 4 is 0 Å². The highest BCUT2D eigenvalue weighted by molar-refractivity contribution is 4.78. The van der Waals surface area contributed by atoms with Gasteiger partial charge < -0.3 is 0 Å². The van der Waals surface area contributed by atoms with Gasteiger partial charge in [-0.1, -0.05) is 13.3 Å². The molecule has 1 fully saturated rings. The monoisotopic (exact) mass is 116 g/mol. The Morgan fingerprint density at radius 1 is 1.38 bits per heavy atom. The van der Waals surface area contributed by atoms with Crippen molar-refractivity contribution in [3.63, 3.8) is 0 Å². The Hall–Kier alpha value is -0.0700. The number of hydrogen-bond acceptors (Lipinski definition) is 0. The molecule has 48 valence electrons. The fourth-order valence-corrected chi connectivity index (χ4v) is 1.38. The zero-order chi connectivity index (χ0) is 5.98. The Balaban J connectivity index is 2.16. The Labute approximate surface area is 50.1 Å². The maximum absolute atomic E-state index is 11.9. The summed E-state index contributed by atoms with van der Waals surface area (Å²) in [7, 11) is 0. The van der Waals surface area contributed by atoms with Gasteiger partial charge in [0, 0.05) is 0 Å². The summed E-state index contributed by atoms with van der Waals surface area (Å²) in [5.41, 5.74) is 0. The summed E-state index contributed by atoms with van der Waals surface area (Å²) < 4.78 is 11.9. The van der Waals surface area contributed by atoms with Crippen molar-refractivity contribution in [2.24, 2.45) is 11.8 Å². The standard InChI is InChI=1S/C7H13F/c1-2-6-3-4-7(6)5-8/h6-7H,2-5H2,1H3. The van der Waals surface area contributed by atoms with Gasteiger partial charge >= 0.3 is 0 Å². The molecule has 0 bridgehead atoms. The topological polar surface area (TPSA) is 0 Å². The first-order chi connectivity index (χ1) is 3.88. The van der Waals surface area contributed by atoms with E-state index in [1.165, 1.54) is 12.8 Å². The molecule has 0 N–H and O–H groups in total. The SMILES string of the molecule is CCC1CCC1CF. The van der Waals surface area contributed by atoms with Crippen LogP contribution in [0.3, 0.4) is 0 Å². The molecule has 0 amide bonds. The van der Waals surface area contributed by atoms with Crippen molar-refractivity contribution in [1.29, 1.82) is 0 Å². The predicted molar refractivity (Wildman–Crippen MR) is 32.5 cm³/mol. The molecular weight excluding hydrogens is 103 g/mol. The molecule has 0 heterocycles. The number of alkyl halides is 1. The fourth-order valence-electron chi connectivity index (χ4n) is 1.38. The lowest BCUT2D eigenvalue weighted by atomic mass is 9.73. The third kappa shape index (κ3) is 0.862. The lowest BCUT2D eigenvalue weighted by molar-refractivity contribution is 0.134. The minimum absolute atomic E-state index is 0.0848. The van der Waals surface area contributed by atoms with Crippen LogP contribution in [0.5, 0.6) is 0 Å². The lowest BCUT2D eigenvalue weighted by Gasteiger charge is -2.33. The van der Waals surface area contributed by atoms with Crippen LogP contribution < -0.4 is 0 Å². The second kappa shape index (κ2) is 2.47. The van der Waals surface area contributed by atoms with E-state index in [4.69, 9.17) is 0 Å². The van der Waals surface area contributed by atoms with Crippen molar-refractivity contribution in [1.82, 2.24) is 0 Å². The van der Waals surface area contributed by atoms with Crippen LogP contribution in [0, 0.1) is 11.8 Å². The molecule has 0 radical (unpaired) electrons. The number of rotatable bonds is 2. The smallest absolute Gasteiger partial charge is 0.0925 e. The minimum Gasteiger partial charge on any atom is -0.251 e. The van der Waals surface area contributed by atoms with Gasteiger partial charge in [-0.2, -0.15) is 0 Å². The Morgan fingerprint density at radius 2 is 2.00 bits per heavy atom. The molecule has 0 aromatic heterocycles. The Morgan fingerprint density at radius 3 is 2.12 bits per heavy atom. The molecule has 2 unspecified atom stereocenters. The van der Waals surface area contributed by atoms with Gasteiger partial charge in [-0.25, -0.2) is 0 Å². The van der Waals surface area contributed by atoms with E-state index < -0.39 is 0 Å². The van der Waals surface area contributed by atoms with Crippen LogP contribution in [-0.2, 0) is 0 Å². The highest BCUT2D eigenvalue weighted by Crippen LogP contribution is 2.36. The normalized spacial score (nSPS) is 36.8. The molecule has 1 aliphatic carbocycles. The van der Waals surface area contributed by atoms with Crippen LogP contribution in [0.15, 0.2) is 0 Å². The van der Waals surface area contributed by atoms with E-state index in [9.17, 15) is 4.39 Å². The average Bonchev–Trinajstić information content (AvgIpc) is 1.66. The van der Waals surface area contributed by atoms with Crippen LogP contribution in [0.25, 0.3) is 0 Å². The van der Waals surface area contributed by atoms with Gasteiger partial charge in [-0.05, 0) is 24.7 Å². The Bertz CT molecular complexity index is 56.8. The molecule has 0 aromatic rings. The van der Waals surface area contributed by atoms with Crippen LogP contribution >= 0.6 is 0 Å². The van der Waals surface area contributed by atoms with Gasteiger partial charge in [0.25, 0.3) is 0 Å². The van der Waals surface area contributed by atoms with E-state index in [0.29, 0.717) is 5.92 Å². The summed E-state index contributed by atoms with van der Waals surface area (Å²) in [5.74, 6) is 1.15. The summed E-state index contributed by atoms with van der Waals surface area (Å²) in [6, 6.07) is 0. The number of halogens is 1. The first kappa shape index (κ1) is 6.06. The van der Waals surface area contributed by atoms with Crippen molar-refractivity contribution in [2.45, 2.75) is 26.2 Å². The Kier molecular flexibility index (Phi) is 1.87. The summed E-state index contributed by atoms with van der Waals surface area (Å²) in [6.07, 6.45) is 3.58. The molecule has 0 nitrogen and oxygen atoms in total. The highest BCUT2D eigenvalue weighted by Gasteiger charge is 2.28. The predicted octanol–water partition coefficient (Wildman–Crippen LogP) is 2.39. The second-order valence-corrected chi connectivity index (χ2v) is 2.66. The van der Waals surface area contributed by atoms with Crippen molar-refractivity contribution in [2.75, 3.05) is 6.67 Å². The molecule has 1 aliphatic rings. The summed E-state index contributed by atoms with van der Waals surface area (Å²) >= 11 is 0. The second-order valence-electron chi connectivity index (χ2n) is 2.66. The molecule has 1 heteroatoms. The van der Waals surface area contributed by atoms with Gasteiger partial charge in [-0.3, -0.25) is 4.39 Å². The van der Waals surface area contributed by atoms with Crippen molar-refractivity contribution in [3.8, 4) is 0 Å². The van der Waals surface area contributed by atoms with Crippen molar-refractivity contribution < 1.29 is 4.39 Å². The molecule has 8 heavy (non-hydrogen) atoms. The third-order valence-electron chi connectivity index (χ3n) is 2.30. The third-order valence-corrected chi connectivity index (χ3v) is 2.30. The summed E-state index contributed by atoms with van der Waals surface area (Å²) in [5, 5.41) is 0. The summed E-state index contributed by atoms with van der Waals surface area (Å²) in [6.45, 7) is 2.06. The molecular formula is C7H13F. The van der Waals surface area contributed by atoms with Gasteiger partial charge in [0.1, 0.15) is 0 Å². The zero-order valence-corrected chi connectivity index (χ0v) is 5.36. The van der Waals surface area contributed by atoms with E-state index in [1.54, 1.807) is 0 Å². The molecule has 0 aliphatic heterocycles. The first-order valence-electron chi connectivity index (χ1n) is 3.44. The van der Waals surface area contributed by atoms with Crippen LogP contribution in [0.1, 0.15) is 26.2 Å². The maximum Gasteiger partial charge on any atom is 0.0925 e. The zero-order valence-electron chi connectivity index (χ0n) is 5.36. The highest BCUT2D eigenvalue weighted by atomic mass is 19.1. The molecule has 1 rings (SSSR count).